The number of aryl methyl sites for hydroxylation is 2. The fraction of sp³-hybridized carbons (Fsp3) is 0.250. The Kier molecular flexibility index (Phi) is 3.75. The number of rotatable bonds is 2. The summed E-state index contributed by atoms with van der Waals surface area (Å²) in [6.07, 6.45) is 0. The molecule has 3 aromatic carbocycles. The van der Waals surface area contributed by atoms with Gasteiger partial charge in [-0.2, -0.15) is 0 Å². The minimum Gasteiger partial charge on any atom is -0.299 e. The highest BCUT2D eigenvalue weighted by Crippen LogP contribution is 2.64. The van der Waals surface area contributed by atoms with Crippen molar-refractivity contribution in [3.05, 3.63) is 100 Å². The quantitative estimate of drug-likeness (QED) is 0.575. The Balaban J connectivity index is 1.67. The number of carbonyl (C=O) groups excluding carboxylic acids is 3. The average molecular weight is 421 g/mol. The van der Waals surface area contributed by atoms with E-state index in [1.165, 1.54) is 4.90 Å². The van der Waals surface area contributed by atoms with Gasteiger partial charge in [-0.1, -0.05) is 66.2 Å². The molecule has 0 unspecified atom stereocenters. The summed E-state index contributed by atoms with van der Waals surface area (Å²) in [7, 11) is 0. The molecule has 3 aliphatic carbocycles. The Morgan fingerprint density at radius 1 is 0.844 bits per heavy atom. The Morgan fingerprint density at radius 3 is 2.00 bits per heavy atom. The van der Waals surface area contributed by atoms with Gasteiger partial charge in [-0.3, -0.25) is 14.4 Å². The number of ketones is 1. The van der Waals surface area contributed by atoms with Gasteiger partial charge in [0, 0.05) is 5.92 Å². The molecule has 1 heterocycles. The van der Waals surface area contributed by atoms with Crippen molar-refractivity contribution >= 4 is 23.3 Å². The van der Waals surface area contributed by atoms with E-state index in [2.05, 4.69) is 0 Å². The number of hydrogen-bond acceptors (Lipinski definition) is 3. The Bertz CT molecular complexity index is 1310. The van der Waals surface area contributed by atoms with E-state index in [4.69, 9.17) is 0 Å². The Labute approximate surface area is 186 Å². The van der Waals surface area contributed by atoms with Crippen molar-refractivity contribution in [1.82, 2.24) is 0 Å². The predicted molar refractivity (Wildman–Crippen MR) is 122 cm³/mol. The molecule has 2 atom stereocenters. The number of carbonyl (C=O) groups is 3. The van der Waals surface area contributed by atoms with Gasteiger partial charge in [-0.25, -0.2) is 4.90 Å². The lowest BCUT2D eigenvalue weighted by Gasteiger charge is -2.52. The molecule has 158 valence electrons. The fourth-order valence-electron chi connectivity index (χ4n) is 6.66. The number of anilines is 1. The summed E-state index contributed by atoms with van der Waals surface area (Å²) in [5.74, 6) is -2.11. The molecule has 4 aliphatic rings. The summed E-state index contributed by atoms with van der Waals surface area (Å²) >= 11 is 0. The highest BCUT2D eigenvalue weighted by atomic mass is 16.2. The number of imide groups is 1. The molecule has 4 heteroatoms. The summed E-state index contributed by atoms with van der Waals surface area (Å²) in [6, 6.07) is 21.5. The topological polar surface area (TPSA) is 54.5 Å². The zero-order valence-corrected chi connectivity index (χ0v) is 18.3. The lowest BCUT2D eigenvalue weighted by atomic mass is 9.46. The lowest BCUT2D eigenvalue weighted by Crippen LogP contribution is -2.57. The van der Waals surface area contributed by atoms with E-state index in [1.54, 1.807) is 6.92 Å². The van der Waals surface area contributed by atoms with E-state index in [0.717, 1.165) is 33.4 Å². The number of Topliss-reactive ketones (excluding diaryl/α,β-unsaturated/α-hetero) is 1. The molecule has 0 saturated carbocycles. The molecule has 2 bridgehead atoms. The van der Waals surface area contributed by atoms with Gasteiger partial charge in [0.2, 0.25) is 11.8 Å². The summed E-state index contributed by atoms with van der Waals surface area (Å²) in [6.45, 7) is 5.47. The van der Waals surface area contributed by atoms with Crippen LogP contribution >= 0.6 is 0 Å². The lowest BCUT2D eigenvalue weighted by molar-refractivity contribution is -0.132. The molecule has 0 N–H and O–H groups in total. The first kappa shape index (κ1) is 19.2. The first-order chi connectivity index (χ1) is 15.4. The molecule has 32 heavy (non-hydrogen) atoms. The van der Waals surface area contributed by atoms with Crippen LogP contribution in [0.4, 0.5) is 5.69 Å². The molecule has 7 rings (SSSR count). The van der Waals surface area contributed by atoms with Crippen molar-refractivity contribution in [3.63, 3.8) is 0 Å². The highest BCUT2D eigenvalue weighted by molar-refractivity contribution is 6.25. The number of hydrogen-bond donors (Lipinski definition) is 0. The summed E-state index contributed by atoms with van der Waals surface area (Å²) in [4.78, 5) is 42.9. The minimum absolute atomic E-state index is 0.0887. The standard InChI is InChI=1S/C28H23NO3/c1-15-12-13-22(16(2)14-15)29-26(31)24-23-18-8-4-6-10-20(18)28(17(3)30,25(24)27(29)32)21-11-7-5-9-19(21)23/h4-14,23-25H,1-3H3/t23?,24-,25+,28?/m1/s1. The second-order valence-electron chi connectivity index (χ2n) is 9.32. The van der Waals surface area contributed by atoms with Gasteiger partial charge in [0.05, 0.1) is 22.9 Å². The van der Waals surface area contributed by atoms with E-state index in [-0.39, 0.29) is 23.5 Å². The normalized spacial score (nSPS) is 27.2. The largest absolute Gasteiger partial charge is 0.299 e. The average Bonchev–Trinajstić information content (AvgIpc) is 3.05. The third-order valence-corrected chi connectivity index (χ3v) is 7.77. The molecule has 4 nitrogen and oxygen atoms in total. The first-order valence-electron chi connectivity index (χ1n) is 11.0. The predicted octanol–water partition coefficient (Wildman–Crippen LogP) is 4.44. The molecule has 0 aromatic heterocycles. The second kappa shape index (κ2) is 6.26. The third-order valence-electron chi connectivity index (χ3n) is 7.77. The van der Waals surface area contributed by atoms with Crippen LogP contribution in [-0.2, 0) is 19.8 Å². The van der Waals surface area contributed by atoms with Gasteiger partial charge in [0.15, 0.2) is 0 Å². The van der Waals surface area contributed by atoms with E-state index in [1.807, 2.05) is 80.6 Å². The van der Waals surface area contributed by atoms with Gasteiger partial charge in [-0.15, -0.1) is 0 Å². The van der Waals surface area contributed by atoms with Crippen LogP contribution in [-0.4, -0.2) is 17.6 Å². The van der Waals surface area contributed by atoms with E-state index in [9.17, 15) is 14.4 Å². The van der Waals surface area contributed by atoms with Crippen LogP contribution < -0.4 is 4.90 Å². The van der Waals surface area contributed by atoms with E-state index < -0.39 is 17.3 Å². The van der Waals surface area contributed by atoms with Crippen LogP contribution in [0.2, 0.25) is 0 Å². The van der Waals surface area contributed by atoms with Crippen molar-refractivity contribution in [2.75, 3.05) is 4.90 Å². The molecular weight excluding hydrogens is 398 g/mol. The molecule has 2 amide bonds. The van der Waals surface area contributed by atoms with Crippen LogP contribution in [0.3, 0.4) is 0 Å². The zero-order valence-electron chi connectivity index (χ0n) is 18.3. The van der Waals surface area contributed by atoms with Crippen molar-refractivity contribution in [3.8, 4) is 0 Å². The minimum atomic E-state index is -1.15. The summed E-state index contributed by atoms with van der Waals surface area (Å²) < 4.78 is 0. The van der Waals surface area contributed by atoms with Crippen LogP contribution in [0, 0.1) is 25.7 Å². The van der Waals surface area contributed by atoms with Crippen molar-refractivity contribution in [2.45, 2.75) is 32.1 Å². The molecule has 3 aromatic rings. The Morgan fingerprint density at radius 2 is 1.44 bits per heavy atom. The smallest absolute Gasteiger partial charge is 0.239 e. The molecule has 0 spiro atoms. The van der Waals surface area contributed by atoms with Gasteiger partial charge in [-0.05, 0) is 54.7 Å². The second-order valence-corrected chi connectivity index (χ2v) is 9.32. The van der Waals surface area contributed by atoms with E-state index in [0.29, 0.717) is 5.69 Å². The summed E-state index contributed by atoms with van der Waals surface area (Å²) in [5, 5.41) is 0. The van der Waals surface area contributed by atoms with Crippen molar-refractivity contribution < 1.29 is 14.4 Å². The number of benzene rings is 3. The Hall–Kier alpha value is -3.53. The first-order valence-corrected chi connectivity index (χ1v) is 11.0. The monoisotopic (exact) mass is 421 g/mol. The van der Waals surface area contributed by atoms with Gasteiger partial charge in [0.25, 0.3) is 0 Å². The number of nitrogens with zero attached hydrogens (tertiary/aromatic N) is 1. The molecular formula is C28H23NO3. The van der Waals surface area contributed by atoms with Crippen LogP contribution in [0.25, 0.3) is 0 Å². The number of amides is 2. The SMILES string of the molecule is CC(=O)C12c3ccccc3C(c3ccccc31)[C@H]1C(=O)N(c3ccc(C)cc3C)C(=O)[C@H]12. The molecule has 0 radical (unpaired) electrons. The maximum Gasteiger partial charge on any atom is 0.239 e. The molecule has 1 saturated heterocycles. The van der Waals surface area contributed by atoms with Crippen LogP contribution in [0.5, 0.6) is 0 Å². The van der Waals surface area contributed by atoms with Gasteiger partial charge >= 0.3 is 0 Å². The maximum absolute atomic E-state index is 14.1. The molecule has 1 aliphatic heterocycles. The zero-order chi connectivity index (χ0) is 22.4. The van der Waals surface area contributed by atoms with Crippen molar-refractivity contribution in [2.24, 2.45) is 11.8 Å². The van der Waals surface area contributed by atoms with Crippen LogP contribution in [0.1, 0.15) is 46.2 Å². The fourth-order valence-corrected chi connectivity index (χ4v) is 6.66. The van der Waals surface area contributed by atoms with E-state index >= 15 is 0 Å². The highest BCUT2D eigenvalue weighted by Gasteiger charge is 2.70. The maximum atomic E-state index is 14.1. The van der Waals surface area contributed by atoms with Gasteiger partial charge < -0.3 is 0 Å². The molecule has 1 fully saturated rings. The summed E-state index contributed by atoms with van der Waals surface area (Å²) in [5.41, 5.74) is 5.16. The van der Waals surface area contributed by atoms with Crippen molar-refractivity contribution in [1.29, 1.82) is 0 Å². The van der Waals surface area contributed by atoms with Gasteiger partial charge in [0.1, 0.15) is 5.78 Å². The third kappa shape index (κ3) is 2.05. The van der Waals surface area contributed by atoms with Crippen LogP contribution in [0.15, 0.2) is 66.7 Å².